The second-order valence-electron chi connectivity index (χ2n) is 3.45. The Morgan fingerprint density at radius 2 is 2.07 bits per heavy atom. The van der Waals surface area contributed by atoms with E-state index in [1.54, 1.807) is 0 Å². The van der Waals surface area contributed by atoms with Crippen LogP contribution >= 0.6 is 0 Å². The van der Waals surface area contributed by atoms with Gasteiger partial charge < -0.3 is 5.73 Å². The summed E-state index contributed by atoms with van der Waals surface area (Å²) in [5.74, 6) is 0. The molecule has 0 aliphatic heterocycles. The Kier molecular flexibility index (Phi) is 5.48. The number of nitrogens with two attached hydrogens (primary N) is 1. The lowest BCUT2D eigenvalue weighted by Gasteiger charge is -1.86. The fourth-order valence-electron chi connectivity index (χ4n) is 1.28. The van der Waals surface area contributed by atoms with Gasteiger partial charge in [-0.3, -0.25) is 5.10 Å². The van der Waals surface area contributed by atoms with Crippen molar-refractivity contribution in [2.75, 3.05) is 6.54 Å². The van der Waals surface area contributed by atoms with Crippen molar-refractivity contribution in [3.63, 3.8) is 0 Å². The molecule has 3 nitrogen and oxygen atoms in total. The molecule has 0 bridgehead atoms. The molecule has 0 aliphatic rings. The van der Waals surface area contributed by atoms with Crippen molar-refractivity contribution in [3.8, 4) is 0 Å². The zero-order valence-corrected chi connectivity index (χ0v) is 9.24. The minimum Gasteiger partial charge on any atom is -0.330 e. The number of rotatable bonds is 3. The van der Waals surface area contributed by atoms with Crippen LogP contribution in [0.1, 0.15) is 26.2 Å². The van der Waals surface area contributed by atoms with Crippen molar-refractivity contribution >= 4 is 10.9 Å². The van der Waals surface area contributed by atoms with Gasteiger partial charge in [0.1, 0.15) is 0 Å². The van der Waals surface area contributed by atoms with Crippen LogP contribution in [-0.4, -0.2) is 16.7 Å². The summed E-state index contributed by atoms with van der Waals surface area (Å²) in [6.07, 6.45) is 5.57. The molecule has 0 atom stereocenters. The maximum Gasteiger partial charge on any atom is 0.0650 e. The second-order valence-corrected chi connectivity index (χ2v) is 3.45. The van der Waals surface area contributed by atoms with Crippen LogP contribution in [0.2, 0.25) is 0 Å². The average Bonchev–Trinajstić information content (AvgIpc) is 2.75. The fourth-order valence-corrected chi connectivity index (χ4v) is 1.28. The highest BCUT2D eigenvalue weighted by Crippen LogP contribution is 2.06. The number of aromatic nitrogens is 2. The Labute approximate surface area is 90.7 Å². The molecule has 0 radical (unpaired) electrons. The molecule has 15 heavy (non-hydrogen) atoms. The van der Waals surface area contributed by atoms with E-state index >= 15 is 0 Å². The predicted octanol–water partition coefficient (Wildman–Crippen LogP) is 2.70. The van der Waals surface area contributed by atoms with Crippen LogP contribution in [0.25, 0.3) is 10.9 Å². The first kappa shape index (κ1) is 11.7. The first-order chi connectivity index (χ1) is 7.38. The highest BCUT2D eigenvalue weighted by Gasteiger charge is 1.88. The van der Waals surface area contributed by atoms with Crippen LogP contribution in [0.4, 0.5) is 0 Å². The number of H-pyrrole nitrogens is 1. The first-order valence-corrected chi connectivity index (χ1v) is 5.46. The smallest absolute Gasteiger partial charge is 0.0650 e. The number of para-hydroxylation sites is 1. The van der Waals surface area contributed by atoms with E-state index in [1.165, 1.54) is 19.3 Å². The van der Waals surface area contributed by atoms with Gasteiger partial charge in [-0.05, 0) is 19.0 Å². The highest BCUT2D eigenvalue weighted by molar-refractivity contribution is 5.77. The summed E-state index contributed by atoms with van der Waals surface area (Å²) in [5.41, 5.74) is 6.31. The zero-order valence-electron chi connectivity index (χ0n) is 9.24. The summed E-state index contributed by atoms with van der Waals surface area (Å²) in [7, 11) is 0. The van der Waals surface area contributed by atoms with Gasteiger partial charge >= 0.3 is 0 Å². The normalized spacial score (nSPS) is 9.73. The molecule has 1 heterocycles. The standard InChI is InChI=1S/C7H6N2.C5H13N/c1-2-4-7-6(3-1)5-8-9-7;1-2-3-4-5-6/h1-5H,(H,8,9);2-6H2,1H3. The van der Waals surface area contributed by atoms with Gasteiger partial charge in [-0.15, -0.1) is 0 Å². The molecule has 0 saturated heterocycles. The molecule has 3 heteroatoms. The van der Waals surface area contributed by atoms with Gasteiger partial charge in [0.05, 0.1) is 11.7 Å². The Hall–Kier alpha value is -1.35. The number of nitrogens with zero attached hydrogens (tertiary/aromatic N) is 1. The van der Waals surface area contributed by atoms with Crippen LogP contribution in [0.15, 0.2) is 30.5 Å². The van der Waals surface area contributed by atoms with E-state index in [1.807, 2.05) is 30.5 Å². The Morgan fingerprint density at radius 1 is 1.27 bits per heavy atom. The molecule has 0 saturated carbocycles. The summed E-state index contributed by atoms with van der Waals surface area (Å²) in [6, 6.07) is 8.01. The van der Waals surface area contributed by atoms with Crippen LogP contribution in [0, 0.1) is 0 Å². The highest BCUT2D eigenvalue weighted by atomic mass is 15.1. The molecule has 0 aliphatic carbocycles. The van der Waals surface area contributed by atoms with Crippen molar-refractivity contribution in [2.24, 2.45) is 5.73 Å². The lowest BCUT2D eigenvalue weighted by molar-refractivity contribution is 0.727. The Bertz CT molecular complexity index is 333. The van der Waals surface area contributed by atoms with Crippen molar-refractivity contribution in [1.82, 2.24) is 10.2 Å². The summed E-state index contributed by atoms with van der Waals surface area (Å²) >= 11 is 0. The van der Waals surface area contributed by atoms with Crippen molar-refractivity contribution in [3.05, 3.63) is 30.5 Å². The third-order valence-electron chi connectivity index (χ3n) is 2.16. The minimum absolute atomic E-state index is 0.855. The molecule has 82 valence electrons. The van der Waals surface area contributed by atoms with Gasteiger partial charge in [0.2, 0.25) is 0 Å². The minimum atomic E-state index is 0.855. The van der Waals surface area contributed by atoms with Gasteiger partial charge in [0.15, 0.2) is 0 Å². The number of hydrogen-bond acceptors (Lipinski definition) is 2. The number of fused-ring (bicyclic) bond motifs is 1. The third kappa shape index (κ3) is 4.13. The predicted molar refractivity (Wildman–Crippen MR) is 64.7 cm³/mol. The summed E-state index contributed by atoms with van der Waals surface area (Å²) in [4.78, 5) is 0. The number of aromatic amines is 1. The molecule has 1 aromatic heterocycles. The van der Waals surface area contributed by atoms with E-state index in [9.17, 15) is 0 Å². The molecular weight excluding hydrogens is 186 g/mol. The molecule has 0 spiro atoms. The Morgan fingerprint density at radius 3 is 2.67 bits per heavy atom. The molecule has 2 aromatic rings. The topological polar surface area (TPSA) is 54.7 Å². The largest absolute Gasteiger partial charge is 0.330 e. The lowest BCUT2D eigenvalue weighted by Crippen LogP contribution is -1.96. The number of benzene rings is 1. The number of unbranched alkanes of at least 4 members (excludes halogenated alkanes) is 2. The van der Waals surface area contributed by atoms with Gasteiger partial charge in [0, 0.05) is 5.39 Å². The summed E-state index contributed by atoms with van der Waals surface area (Å²) in [5, 5.41) is 7.91. The lowest BCUT2D eigenvalue weighted by atomic mass is 10.3. The van der Waals surface area contributed by atoms with Crippen molar-refractivity contribution in [1.29, 1.82) is 0 Å². The van der Waals surface area contributed by atoms with E-state index in [2.05, 4.69) is 17.1 Å². The van der Waals surface area contributed by atoms with Gasteiger partial charge in [-0.2, -0.15) is 5.10 Å². The molecule has 1 aromatic carbocycles. The maximum absolute atomic E-state index is 5.21. The first-order valence-electron chi connectivity index (χ1n) is 5.46. The van der Waals surface area contributed by atoms with Crippen LogP contribution < -0.4 is 5.73 Å². The number of hydrogen-bond donors (Lipinski definition) is 2. The van der Waals surface area contributed by atoms with E-state index in [0.29, 0.717) is 0 Å². The van der Waals surface area contributed by atoms with Gasteiger partial charge in [0.25, 0.3) is 0 Å². The average molecular weight is 205 g/mol. The van der Waals surface area contributed by atoms with E-state index in [4.69, 9.17) is 5.73 Å². The van der Waals surface area contributed by atoms with Crippen LogP contribution in [-0.2, 0) is 0 Å². The molecular formula is C12H19N3. The van der Waals surface area contributed by atoms with Crippen LogP contribution in [0.3, 0.4) is 0 Å². The van der Waals surface area contributed by atoms with Crippen molar-refractivity contribution in [2.45, 2.75) is 26.2 Å². The summed E-state index contributed by atoms with van der Waals surface area (Å²) < 4.78 is 0. The van der Waals surface area contributed by atoms with Crippen LogP contribution in [0.5, 0.6) is 0 Å². The number of nitrogens with one attached hydrogen (secondary N) is 1. The monoisotopic (exact) mass is 205 g/mol. The third-order valence-corrected chi connectivity index (χ3v) is 2.16. The summed E-state index contributed by atoms with van der Waals surface area (Å²) in [6.45, 7) is 3.03. The Balaban J connectivity index is 0.000000167. The van der Waals surface area contributed by atoms with E-state index in [-0.39, 0.29) is 0 Å². The van der Waals surface area contributed by atoms with E-state index in [0.717, 1.165) is 17.4 Å². The van der Waals surface area contributed by atoms with E-state index < -0.39 is 0 Å². The molecule has 0 amide bonds. The fraction of sp³-hybridized carbons (Fsp3) is 0.417. The quantitative estimate of drug-likeness (QED) is 0.757. The van der Waals surface area contributed by atoms with Gasteiger partial charge in [-0.1, -0.05) is 38.0 Å². The molecule has 3 N–H and O–H groups in total. The zero-order chi connectivity index (χ0) is 10.9. The molecule has 2 rings (SSSR count). The van der Waals surface area contributed by atoms with Gasteiger partial charge in [-0.25, -0.2) is 0 Å². The second kappa shape index (κ2) is 7.01. The maximum atomic E-state index is 5.21. The molecule has 0 fully saturated rings. The molecule has 0 unspecified atom stereocenters. The van der Waals surface area contributed by atoms with Crippen molar-refractivity contribution < 1.29 is 0 Å². The SMILES string of the molecule is CCCCCN.c1ccc2[nH]ncc2c1.